The van der Waals surface area contributed by atoms with Gasteiger partial charge < -0.3 is 10.6 Å². The largest absolute Gasteiger partial charge is 0.339 e. The van der Waals surface area contributed by atoms with E-state index in [0.717, 1.165) is 25.3 Å². The van der Waals surface area contributed by atoms with Gasteiger partial charge in [0.05, 0.1) is 6.04 Å². The number of hydrogen-bond donors (Lipinski definition) is 1. The number of nitrogens with zero attached hydrogens (tertiary/aromatic N) is 1. The molecule has 3 nitrogen and oxygen atoms in total. The van der Waals surface area contributed by atoms with Crippen LogP contribution in [0.15, 0.2) is 0 Å². The molecular formula is C12H24N2OS. The molecule has 1 fully saturated rings. The summed E-state index contributed by atoms with van der Waals surface area (Å²) in [6.45, 7) is 10.2. The Bertz CT molecular complexity index is 255. The number of amides is 1. The summed E-state index contributed by atoms with van der Waals surface area (Å²) in [5.74, 6) is 1.42. The van der Waals surface area contributed by atoms with E-state index in [9.17, 15) is 4.79 Å². The SMILES string of the molecule is CC[C@H](C)[C@H](N)C(=O)N1CCSC(C)(C)C1. The van der Waals surface area contributed by atoms with Crippen molar-refractivity contribution in [2.75, 3.05) is 18.8 Å². The molecule has 4 heteroatoms. The Hall–Kier alpha value is -0.220. The minimum atomic E-state index is -0.330. The molecule has 2 N–H and O–H groups in total. The Morgan fingerprint density at radius 2 is 2.19 bits per heavy atom. The first-order valence-electron chi connectivity index (χ1n) is 6.05. The molecule has 1 amide bonds. The van der Waals surface area contributed by atoms with Crippen LogP contribution in [0.3, 0.4) is 0 Å². The van der Waals surface area contributed by atoms with Crippen molar-refractivity contribution in [3.63, 3.8) is 0 Å². The van der Waals surface area contributed by atoms with E-state index >= 15 is 0 Å². The second kappa shape index (κ2) is 5.41. The van der Waals surface area contributed by atoms with Crippen molar-refractivity contribution in [1.82, 2.24) is 4.90 Å². The first-order valence-corrected chi connectivity index (χ1v) is 7.04. The highest BCUT2D eigenvalue weighted by Gasteiger charge is 2.32. The van der Waals surface area contributed by atoms with Crippen LogP contribution in [0.25, 0.3) is 0 Å². The first kappa shape index (κ1) is 13.8. The topological polar surface area (TPSA) is 46.3 Å². The highest BCUT2D eigenvalue weighted by Crippen LogP contribution is 2.29. The molecule has 0 saturated carbocycles. The third-order valence-electron chi connectivity index (χ3n) is 3.28. The molecule has 1 rings (SSSR count). The number of thioether (sulfide) groups is 1. The molecule has 2 atom stereocenters. The summed E-state index contributed by atoms with van der Waals surface area (Å²) in [7, 11) is 0. The first-order chi connectivity index (χ1) is 7.37. The second-order valence-corrected chi connectivity index (χ2v) is 7.08. The maximum atomic E-state index is 12.2. The van der Waals surface area contributed by atoms with Crippen LogP contribution in [-0.2, 0) is 4.79 Å². The van der Waals surface area contributed by atoms with Crippen molar-refractivity contribution in [3.05, 3.63) is 0 Å². The molecule has 1 heterocycles. The van der Waals surface area contributed by atoms with E-state index in [1.54, 1.807) is 0 Å². The van der Waals surface area contributed by atoms with Gasteiger partial charge in [-0.3, -0.25) is 4.79 Å². The quantitative estimate of drug-likeness (QED) is 0.822. The summed E-state index contributed by atoms with van der Waals surface area (Å²) in [4.78, 5) is 14.1. The summed E-state index contributed by atoms with van der Waals surface area (Å²) in [5, 5.41) is 0. The molecule has 0 radical (unpaired) electrons. The van der Waals surface area contributed by atoms with Crippen LogP contribution in [0.5, 0.6) is 0 Å². The van der Waals surface area contributed by atoms with Crippen LogP contribution >= 0.6 is 11.8 Å². The standard InChI is InChI=1S/C12H24N2OS/c1-5-9(2)10(13)11(15)14-6-7-16-12(3,4)8-14/h9-10H,5-8,13H2,1-4H3/t9-,10-/m0/s1. The molecule has 1 saturated heterocycles. The Morgan fingerprint density at radius 3 is 2.69 bits per heavy atom. The normalized spacial score (nSPS) is 23.9. The molecule has 0 aromatic rings. The fourth-order valence-electron chi connectivity index (χ4n) is 1.91. The summed E-state index contributed by atoms with van der Waals surface area (Å²) in [6, 6.07) is -0.330. The highest BCUT2D eigenvalue weighted by atomic mass is 32.2. The smallest absolute Gasteiger partial charge is 0.239 e. The summed E-state index contributed by atoms with van der Waals surface area (Å²) in [5.41, 5.74) is 5.99. The zero-order valence-electron chi connectivity index (χ0n) is 10.8. The van der Waals surface area contributed by atoms with Gasteiger partial charge in [0.2, 0.25) is 5.91 Å². The van der Waals surface area contributed by atoms with Crippen LogP contribution in [0.2, 0.25) is 0 Å². The van der Waals surface area contributed by atoms with Gasteiger partial charge in [-0.1, -0.05) is 20.3 Å². The lowest BCUT2D eigenvalue weighted by Crippen LogP contribution is -2.53. The van der Waals surface area contributed by atoms with Gasteiger partial charge in [-0.15, -0.1) is 0 Å². The van der Waals surface area contributed by atoms with Crippen LogP contribution in [0, 0.1) is 5.92 Å². The van der Waals surface area contributed by atoms with Gasteiger partial charge in [0, 0.05) is 23.6 Å². The molecule has 0 spiro atoms. The minimum Gasteiger partial charge on any atom is -0.339 e. The fourth-order valence-corrected chi connectivity index (χ4v) is 3.02. The second-order valence-electron chi connectivity index (χ2n) is 5.28. The van der Waals surface area contributed by atoms with Gasteiger partial charge in [-0.2, -0.15) is 11.8 Å². The predicted octanol–water partition coefficient (Wildman–Crippen LogP) is 1.71. The molecule has 0 aliphatic carbocycles. The van der Waals surface area contributed by atoms with E-state index in [0.29, 0.717) is 0 Å². The minimum absolute atomic E-state index is 0.128. The zero-order valence-corrected chi connectivity index (χ0v) is 11.6. The molecule has 0 aromatic heterocycles. The third kappa shape index (κ3) is 3.39. The van der Waals surface area contributed by atoms with Crippen LogP contribution < -0.4 is 5.73 Å². The number of hydrogen-bond acceptors (Lipinski definition) is 3. The van der Waals surface area contributed by atoms with Gasteiger partial charge in [0.15, 0.2) is 0 Å². The van der Waals surface area contributed by atoms with E-state index in [4.69, 9.17) is 5.73 Å². The molecule has 16 heavy (non-hydrogen) atoms. The van der Waals surface area contributed by atoms with E-state index in [1.165, 1.54) is 0 Å². The molecule has 1 aliphatic heterocycles. The average molecular weight is 244 g/mol. The maximum absolute atomic E-state index is 12.2. The molecule has 1 aliphatic rings. The highest BCUT2D eigenvalue weighted by molar-refractivity contribution is 8.00. The maximum Gasteiger partial charge on any atom is 0.239 e. The lowest BCUT2D eigenvalue weighted by Gasteiger charge is -2.39. The van der Waals surface area contributed by atoms with Gasteiger partial charge >= 0.3 is 0 Å². The van der Waals surface area contributed by atoms with Crippen LogP contribution in [0.4, 0.5) is 0 Å². The average Bonchev–Trinajstić information content (AvgIpc) is 2.24. The van der Waals surface area contributed by atoms with Crippen LogP contribution in [0.1, 0.15) is 34.1 Å². The Labute approximate surface area is 103 Å². The lowest BCUT2D eigenvalue weighted by molar-refractivity contribution is -0.134. The Morgan fingerprint density at radius 1 is 1.56 bits per heavy atom. The summed E-state index contributed by atoms with van der Waals surface area (Å²) in [6.07, 6.45) is 0.957. The van der Waals surface area contributed by atoms with E-state index in [-0.39, 0.29) is 22.6 Å². The summed E-state index contributed by atoms with van der Waals surface area (Å²) < 4.78 is 0.170. The van der Waals surface area contributed by atoms with Gasteiger partial charge in [-0.25, -0.2) is 0 Å². The number of nitrogens with two attached hydrogens (primary N) is 1. The zero-order chi connectivity index (χ0) is 12.3. The number of carbonyl (C=O) groups excluding carboxylic acids is 1. The molecule has 0 unspecified atom stereocenters. The fraction of sp³-hybridized carbons (Fsp3) is 0.917. The van der Waals surface area contributed by atoms with Crippen LogP contribution in [-0.4, -0.2) is 40.4 Å². The van der Waals surface area contributed by atoms with Crippen molar-refractivity contribution >= 4 is 17.7 Å². The van der Waals surface area contributed by atoms with Crippen molar-refractivity contribution in [3.8, 4) is 0 Å². The number of carbonyl (C=O) groups is 1. The monoisotopic (exact) mass is 244 g/mol. The molecule has 94 valence electrons. The van der Waals surface area contributed by atoms with Gasteiger partial charge in [-0.05, 0) is 19.8 Å². The van der Waals surface area contributed by atoms with Gasteiger partial charge in [0.25, 0.3) is 0 Å². The van der Waals surface area contributed by atoms with Crippen molar-refractivity contribution in [2.45, 2.75) is 44.9 Å². The van der Waals surface area contributed by atoms with E-state index in [1.807, 2.05) is 23.6 Å². The molecular weight excluding hydrogens is 220 g/mol. The predicted molar refractivity (Wildman–Crippen MR) is 70.5 cm³/mol. The summed E-state index contributed by atoms with van der Waals surface area (Å²) >= 11 is 1.93. The third-order valence-corrected chi connectivity index (χ3v) is 4.58. The van der Waals surface area contributed by atoms with Crippen molar-refractivity contribution in [1.29, 1.82) is 0 Å². The molecule has 0 aromatic carbocycles. The Balaban J connectivity index is 2.60. The van der Waals surface area contributed by atoms with Crippen molar-refractivity contribution in [2.24, 2.45) is 11.7 Å². The molecule has 0 bridgehead atoms. The van der Waals surface area contributed by atoms with E-state index < -0.39 is 0 Å². The van der Waals surface area contributed by atoms with Gasteiger partial charge in [0.1, 0.15) is 0 Å². The Kier molecular flexibility index (Phi) is 4.68. The van der Waals surface area contributed by atoms with Crippen molar-refractivity contribution < 1.29 is 4.79 Å². The number of rotatable bonds is 3. The lowest BCUT2D eigenvalue weighted by atomic mass is 9.98. The van der Waals surface area contributed by atoms with E-state index in [2.05, 4.69) is 20.8 Å².